The van der Waals surface area contributed by atoms with Crippen LogP contribution in [0.15, 0.2) is 35.0 Å². The summed E-state index contributed by atoms with van der Waals surface area (Å²) in [4.78, 5) is 15.6. The zero-order valence-corrected chi connectivity index (χ0v) is 13.6. The molecule has 1 atom stereocenters. The van der Waals surface area contributed by atoms with Gasteiger partial charge in [0.2, 0.25) is 0 Å². The van der Waals surface area contributed by atoms with Gasteiger partial charge in [-0.2, -0.15) is 5.10 Å². The Balaban J connectivity index is 1.46. The number of nitrogens with zero attached hydrogens (tertiary/aromatic N) is 2. The molecule has 1 aliphatic heterocycles. The van der Waals surface area contributed by atoms with Gasteiger partial charge in [-0.1, -0.05) is 0 Å². The Morgan fingerprint density at radius 2 is 2.42 bits per heavy atom. The number of ether oxygens (including phenoxy) is 1. The quantitative estimate of drug-likeness (QED) is 0.710. The standard InChI is InChI=1S/C16H16N4O3S/c21-15(10-3-4-13-14(6-10)23-16(24)19-13)18-11-7-17-20(8-11)9-12-2-1-5-22-12/h3-4,6-8,12H,1-2,5,9H2,(H,18,21)(H,19,24)/t12-/m1/s1. The first-order valence-electron chi connectivity index (χ1n) is 7.76. The predicted octanol–water partition coefficient (Wildman–Crippen LogP) is 3.12. The lowest BCUT2D eigenvalue weighted by molar-refractivity contribution is 0.0940. The molecule has 0 saturated carbocycles. The lowest BCUT2D eigenvalue weighted by Crippen LogP contribution is -2.15. The molecule has 0 aliphatic carbocycles. The number of anilines is 1. The summed E-state index contributed by atoms with van der Waals surface area (Å²) in [7, 11) is 0. The van der Waals surface area contributed by atoms with Crippen LogP contribution in [0.3, 0.4) is 0 Å². The number of hydrogen-bond acceptors (Lipinski definition) is 5. The molecule has 0 unspecified atom stereocenters. The van der Waals surface area contributed by atoms with Crippen molar-refractivity contribution in [2.24, 2.45) is 0 Å². The van der Waals surface area contributed by atoms with Crippen molar-refractivity contribution in [3.63, 3.8) is 0 Å². The van der Waals surface area contributed by atoms with Gasteiger partial charge in [0.25, 0.3) is 10.7 Å². The van der Waals surface area contributed by atoms with Gasteiger partial charge < -0.3 is 19.5 Å². The molecule has 0 spiro atoms. The van der Waals surface area contributed by atoms with Crippen molar-refractivity contribution in [2.75, 3.05) is 11.9 Å². The van der Waals surface area contributed by atoms with E-state index in [1.54, 1.807) is 35.3 Å². The van der Waals surface area contributed by atoms with Crippen LogP contribution in [-0.4, -0.2) is 33.4 Å². The van der Waals surface area contributed by atoms with Gasteiger partial charge in [-0.15, -0.1) is 0 Å². The molecular formula is C16H16N4O3S. The SMILES string of the molecule is O=C(Nc1cnn(C[C@H]2CCCO2)c1)c1ccc2[nH]c(=S)oc2c1. The fourth-order valence-electron chi connectivity index (χ4n) is 2.81. The average Bonchev–Trinajstić information content (AvgIpc) is 3.27. The van der Waals surface area contributed by atoms with Crippen molar-refractivity contribution in [1.82, 2.24) is 14.8 Å². The second-order valence-corrected chi connectivity index (χ2v) is 6.14. The van der Waals surface area contributed by atoms with Gasteiger partial charge in [-0.25, -0.2) is 0 Å². The minimum absolute atomic E-state index is 0.207. The summed E-state index contributed by atoms with van der Waals surface area (Å²) in [5.41, 5.74) is 2.46. The van der Waals surface area contributed by atoms with Gasteiger partial charge in [0.15, 0.2) is 5.58 Å². The van der Waals surface area contributed by atoms with Crippen LogP contribution in [0.5, 0.6) is 0 Å². The van der Waals surface area contributed by atoms with E-state index in [9.17, 15) is 4.79 Å². The molecule has 0 bridgehead atoms. The molecule has 24 heavy (non-hydrogen) atoms. The molecule has 1 aromatic carbocycles. The molecule has 1 fully saturated rings. The zero-order valence-electron chi connectivity index (χ0n) is 12.8. The Morgan fingerprint density at radius 3 is 3.25 bits per heavy atom. The Morgan fingerprint density at radius 1 is 1.50 bits per heavy atom. The highest BCUT2D eigenvalue weighted by molar-refractivity contribution is 7.71. The van der Waals surface area contributed by atoms with Gasteiger partial charge in [0, 0.05) is 18.4 Å². The lowest BCUT2D eigenvalue weighted by Gasteiger charge is -2.08. The van der Waals surface area contributed by atoms with E-state index in [1.807, 2.05) is 0 Å². The van der Waals surface area contributed by atoms with Crippen molar-refractivity contribution in [3.8, 4) is 0 Å². The lowest BCUT2D eigenvalue weighted by atomic mass is 10.2. The molecule has 124 valence electrons. The van der Waals surface area contributed by atoms with E-state index in [0.29, 0.717) is 23.4 Å². The molecule has 4 rings (SSSR count). The van der Waals surface area contributed by atoms with E-state index in [2.05, 4.69) is 15.4 Å². The third kappa shape index (κ3) is 3.10. The van der Waals surface area contributed by atoms with Gasteiger partial charge in [0.1, 0.15) is 0 Å². The van der Waals surface area contributed by atoms with E-state index in [1.165, 1.54) is 0 Å². The highest BCUT2D eigenvalue weighted by Gasteiger charge is 2.17. The summed E-state index contributed by atoms with van der Waals surface area (Å²) in [5.74, 6) is -0.226. The maximum Gasteiger partial charge on any atom is 0.266 e. The first-order chi connectivity index (χ1) is 11.7. The summed E-state index contributed by atoms with van der Waals surface area (Å²) >= 11 is 4.94. The highest BCUT2D eigenvalue weighted by atomic mass is 32.1. The number of aromatic nitrogens is 3. The number of carbonyl (C=O) groups excluding carboxylic acids is 1. The van der Waals surface area contributed by atoms with Gasteiger partial charge >= 0.3 is 0 Å². The van der Waals surface area contributed by atoms with Crippen molar-refractivity contribution in [3.05, 3.63) is 41.0 Å². The summed E-state index contributed by atoms with van der Waals surface area (Å²) in [6.07, 6.45) is 5.78. The number of H-pyrrole nitrogens is 1. The second-order valence-electron chi connectivity index (χ2n) is 5.77. The summed E-state index contributed by atoms with van der Waals surface area (Å²) in [6.45, 7) is 1.51. The molecular weight excluding hydrogens is 328 g/mol. The summed E-state index contributed by atoms with van der Waals surface area (Å²) < 4.78 is 12.7. The van der Waals surface area contributed by atoms with E-state index >= 15 is 0 Å². The van der Waals surface area contributed by atoms with E-state index in [0.717, 1.165) is 25.0 Å². The molecule has 3 heterocycles. The Bertz CT molecular complexity index is 936. The third-order valence-corrected chi connectivity index (χ3v) is 4.17. The fourth-order valence-corrected chi connectivity index (χ4v) is 3.01. The third-order valence-electron chi connectivity index (χ3n) is 3.99. The minimum Gasteiger partial charge on any atom is -0.429 e. The molecule has 2 aromatic heterocycles. The number of amides is 1. The first-order valence-corrected chi connectivity index (χ1v) is 8.16. The van der Waals surface area contributed by atoms with E-state index in [-0.39, 0.29) is 16.8 Å². The molecule has 7 nitrogen and oxygen atoms in total. The van der Waals surface area contributed by atoms with Crippen LogP contribution < -0.4 is 5.32 Å². The average molecular weight is 344 g/mol. The van der Waals surface area contributed by atoms with Crippen LogP contribution in [-0.2, 0) is 11.3 Å². The number of carbonyl (C=O) groups is 1. The molecule has 1 aliphatic rings. The molecule has 2 N–H and O–H groups in total. The number of fused-ring (bicyclic) bond motifs is 1. The number of aromatic amines is 1. The zero-order chi connectivity index (χ0) is 16.5. The summed E-state index contributed by atoms with van der Waals surface area (Å²) in [5, 5.41) is 7.10. The Hall–Kier alpha value is -2.45. The number of rotatable bonds is 4. The number of oxazole rings is 1. The molecule has 1 amide bonds. The van der Waals surface area contributed by atoms with Crippen molar-refractivity contribution in [1.29, 1.82) is 0 Å². The van der Waals surface area contributed by atoms with Crippen LogP contribution in [0.25, 0.3) is 11.1 Å². The fraction of sp³-hybridized carbons (Fsp3) is 0.312. The van der Waals surface area contributed by atoms with Crippen LogP contribution >= 0.6 is 12.2 Å². The van der Waals surface area contributed by atoms with Crippen LogP contribution in [0.1, 0.15) is 23.2 Å². The van der Waals surface area contributed by atoms with Gasteiger partial charge in [0.05, 0.1) is 30.0 Å². The monoisotopic (exact) mass is 344 g/mol. The van der Waals surface area contributed by atoms with Crippen molar-refractivity contribution in [2.45, 2.75) is 25.5 Å². The topological polar surface area (TPSA) is 85.1 Å². The molecule has 8 heteroatoms. The Labute approximate surface area is 142 Å². The minimum atomic E-state index is -0.226. The van der Waals surface area contributed by atoms with Crippen LogP contribution in [0.4, 0.5) is 5.69 Å². The predicted molar refractivity (Wildman–Crippen MR) is 90.6 cm³/mol. The van der Waals surface area contributed by atoms with E-state index in [4.69, 9.17) is 21.4 Å². The maximum absolute atomic E-state index is 12.4. The Kier molecular flexibility index (Phi) is 3.91. The van der Waals surface area contributed by atoms with Gasteiger partial charge in [-0.3, -0.25) is 9.48 Å². The van der Waals surface area contributed by atoms with E-state index < -0.39 is 0 Å². The van der Waals surface area contributed by atoms with Crippen molar-refractivity contribution < 1.29 is 13.9 Å². The highest BCUT2D eigenvalue weighted by Crippen LogP contribution is 2.18. The first kappa shape index (κ1) is 15.1. The second kappa shape index (κ2) is 6.21. The van der Waals surface area contributed by atoms with Gasteiger partial charge in [-0.05, 0) is 43.3 Å². The number of nitrogens with one attached hydrogen (secondary N) is 2. The molecule has 0 radical (unpaired) electrons. The van der Waals surface area contributed by atoms with Crippen LogP contribution in [0, 0.1) is 4.84 Å². The maximum atomic E-state index is 12.4. The normalized spacial score (nSPS) is 17.4. The van der Waals surface area contributed by atoms with Crippen molar-refractivity contribution >= 4 is 34.9 Å². The molecule has 3 aromatic rings. The smallest absolute Gasteiger partial charge is 0.266 e. The largest absolute Gasteiger partial charge is 0.429 e. The number of benzene rings is 1. The number of hydrogen-bond donors (Lipinski definition) is 2. The summed E-state index contributed by atoms with van der Waals surface area (Å²) in [6, 6.07) is 5.15. The molecule has 1 saturated heterocycles. The van der Waals surface area contributed by atoms with Crippen LogP contribution in [0.2, 0.25) is 0 Å².